The Hall–Kier alpha value is -2.81. The number of amides is 2. The summed E-state index contributed by atoms with van der Waals surface area (Å²) in [5, 5.41) is 2.57. The fraction of sp³-hybridized carbons (Fsp3) is 0.222. The minimum atomic E-state index is -3.50. The van der Waals surface area contributed by atoms with Crippen molar-refractivity contribution in [1.82, 2.24) is 0 Å². The summed E-state index contributed by atoms with van der Waals surface area (Å²) in [5.41, 5.74) is 0.626. The largest absolute Gasteiger partial charge is 0.322 e. The van der Waals surface area contributed by atoms with Gasteiger partial charge in [-0.3, -0.25) is 14.5 Å². The van der Waals surface area contributed by atoms with E-state index in [9.17, 15) is 26.8 Å². The maximum atomic E-state index is 13.4. The van der Waals surface area contributed by atoms with Crippen LogP contribution in [0, 0.1) is 11.6 Å². The van der Waals surface area contributed by atoms with Gasteiger partial charge in [-0.15, -0.1) is 0 Å². The van der Waals surface area contributed by atoms with Gasteiger partial charge in [0.05, 0.1) is 22.7 Å². The quantitative estimate of drug-likeness (QED) is 0.866. The molecule has 9 heteroatoms. The normalized spacial score (nSPS) is 16.7. The lowest BCUT2D eigenvalue weighted by Crippen LogP contribution is -2.50. The molecule has 1 unspecified atom stereocenters. The molecule has 0 bridgehead atoms. The van der Waals surface area contributed by atoms with Gasteiger partial charge in [-0.05, 0) is 42.8 Å². The van der Waals surface area contributed by atoms with Gasteiger partial charge in [-0.1, -0.05) is 0 Å². The van der Waals surface area contributed by atoms with Crippen molar-refractivity contribution in [2.45, 2.75) is 24.3 Å². The minimum absolute atomic E-state index is 0.00398. The van der Waals surface area contributed by atoms with E-state index in [0.717, 1.165) is 18.4 Å². The van der Waals surface area contributed by atoms with Crippen molar-refractivity contribution in [3.63, 3.8) is 0 Å². The van der Waals surface area contributed by atoms with Crippen LogP contribution in [-0.2, 0) is 25.8 Å². The van der Waals surface area contributed by atoms with Crippen molar-refractivity contribution in [3.8, 4) is 0 Å². The van der Waals surface area contributed by atoms with Crippen LogP contribution in [0.15, 0.2) is 41.3 Å². The highest BCUT2D eigenvalue weighted by Crippen LogP contribution is 2.34. The van der Waals surface area contributed by atoms with Gasteiger partial charge in [0.25, 0.3) is 0 Å². The first-order valence-corrected chi connectivity index (χ1v) is 9.87. The number of carbonyl (C=O) groups excluding carboxylic acids is 2. The van der Waals surface area contributed by atoms with Crippen molar-refractivity contribution in [1.29, 1.82) is 0 Å². The van der Waals surface area contributed by atoms with E-state index in [1.807, 2.05) is 0 Å². The number of carbonyl (C=O) groups is 2. The summed E-state index contributed by atoms with van der Waals surface area (Å²) in [6.07, 6.45) is 0.711. The van der Waals surface area contributed by atoms with E-state index in [4.69, 9.17) is 0 Å². The lowest BCUT2D eigenvalue weighted by atomic mass is 10.1. The second-order valence-corrected chi connectivity index (χ2v) is 8.35. The molecule has 6 nitrogen and oxygen atoms in total. The van der Waals surface area contributed by atoms with Gasteiger partial charge in [-0.25, -0.2) is 17.2 Å². The number of nitrogens with zero attached hydrogens (tertiary/aromatic N) is 1. The van der Waals surface area contributed by atoms with Crippen molar-refractivity contribution in [3.05, 3.63) is 53.6 Å². The minimum Gasteiger partial charge on any atom is -0.322 e. The predicted octanol–water partition coefficient (Wildman–Crippen LogP) is 2.28. The van der Waals surface area contributed by atoms with E-state index in [1.165, 1.54) is 30.0 Å². The summed E-state index contributed by atoms with van der Waals surface area (Å²) in [4.78, 5) is 26.2. The molecule has 1 aliphatic rings. The van der Waals surface area contributed by atoms with Crippen molar-refractivity contribution >= 4 is 33.0 Å². The van der Waals surface area contributed by atoms with Crippen LogP contribution in [0.4, 0.5) is 20.2 Å². The van der Waals surface area contributed by atoms with Crippen molar-refractivity contribution in [2.24, 2.45) is 0 Å². The zero-order valence-electron chi connectivity index (χ0n) is 14.5. The molecule has 0 fully saturated rings. The molecule has 1 N–H and O–H groups in total. The molecule has 2 aromatic carbocycles. The van der Waals surface area contributed by atoms with Gasteiger partial charge in [-0.2, -0.15) is 0 Å². The monoisotopic (exact) mass is 394 g/mol. The lowest BCUT2D eigenvalue weighted by molar-refractivity contribution is -0.123. The molecule has 0 saturated heterocycles. The third-order valence-corrected chi connectivity index (χ3v) is 5.34. The SMILES string of the molecule is CC1C(=O)Nc2cc(S(C)(=O)=O)ccc2N1C(=O)Cc1cc(F)cc(F)c1. The molecular formula is C18H16F2N2O4S. The highest BCUT2D eigenvalue weighted by atomic mass is 32.2. The van der Waals surface area contributed by atoms with E-state index in [-0.39, 0.29) is 22.6 Å². The van der Waals surface area contributed by atoms with E-state index in [0.29, 0.717) is 11.8 Å². The molecule has 142 valence electrons. The molecule has 0 aromatic heterocycles. The van der Waals surface area contributed by atoms with Crippen LogP contribution in [0.5, 0.6) is 0 Å². The molecule has 1 heterocycles. The Bertz CT molecular complexity index is 1030. The number of nitrogens with one attached hydrogen (secondary N) is 1. The molecule has 1 aliphatic heterocycles. The Morgan fingerprint density at radius 3 is 2.37 bits per heavy atom. The number of fused-ring (bicyclic) bond motifs is 1. The molecule has 0 aliphatic carbocycles. The highest BCUT2D eigenvalue weighted by Gasteiger charge is 2.34. The molecule has 2 amide bonds. The summed E-state index contributed by atoms with van der Waals surface area (Å²) in [6.45, 7) is 1.51. The van der Waals surface area contributed by atoms with Gasteiger partial charge in [0, 0.05) is 12.3 Å². The zero-order chi connectivity index (χ0) is 19.9. The maximum absolute atomic E-state index is 13.4. The third kappa shape index (κ3) is 3.82. The maximum Gasteiger partial charge on any atom is 0.247 e. The standard InChI is InChI=1S/C18H16F2N2O4S/c1-10-18(24)21-15-9-14(27(2,25)26)3-4-16(15)22(10)17(23)7-11-5-12(19)8-13(20)6-11/h3-6,8-10H,7H2,1-2H3,(H,21,24). The zero-order valence-corrected chi connectivity index (χ0v) is 15.3. The molecular weight excluding hydrogens is 378 g/mol. The molecule has 0 spiro atoms. The first-order valence-electron chi connectivity index (χ1n) is 7.98. The van der Waals surface area contributed by atoms with Crippen LogP contribution in [0.1, 0.15) is 12.5 Å². The third-order valence-electron chi connectivity index (χ3n) is 4.23. The van der Waals surface area contributed by atoms with Crippen LogP contribution < -0.4 is 10.2 Å². The molecule has 2 aromatic rings. The number of halogens is 2. The Kier molecular flexibility index (Phi) is 4.73. The number of anilines is 2. The Labute approximate surface area is 154 Å². The fourth-order valence-corrected chi connectivity index (χ4v) is 3.59. The first-order chi connectivity index (χ1) is 12.6. The predicted molar refractivity (Wildman–Crippen MR) is 95.2 cm³/mol. The molecule has 1 atom stereocenters. The highest BCUT2D eigenvalue weighted by molar-refractivity contribution is 7.90. The first kappa shape index (κ1) is 19.0. The lowest BCUT2D eigenvalue weighted by Gasteiger charge is -2.34. The molecule has 0 saturated carbocycles. The van der Waals surface area contributed by atoms with Crippen LogP contribution in [0.25, 0.3) is 0 Å². The van der Waals surface area contributed by atoms with Gasteiger partial charge in [0.15, 0.2) is 9.84 Å². The number of hydrogen-bond donors (Lipinski definition) is 1. The molecule has 3 rings (SSSR count). The van der Waals surface area contributed by atoms with Crippen LogP contribution in [0.3, 0.4) is 0 Å². The van der Waals surface area contributed by atoms with Gasteiger partial charge in [0.2, 0.25) is 11.8 Å². The number of benzene rings is 2. The van der Waals surface area contributed by atoms with Gasteiger partial charge < -0.3 is 5.32 Å². The van der Waals surface area contributed by atoms with E-state index in [1.54, 1.807) is 0 Å². The number of hydrogen-bond acceptors (Lipinski definition) is 4. The summed E-state index contributed by atoms with van der Waals surface area (Å²) < 4.78 is 50.2. The van der Waals surface area contributed by atoms with Crippen LogP contribution >= 0.6 is 0 Å². The number of rotatable bonds is 3. The van der Waals surface area contributed by atoms with Crippen molar-refractivity contribution < 1.29 is 26.8 Å². The van der Waals surface area contributed by atoms with Gasteiger partial charge in [0.1, 0.15) is 17.7 Å². The molecule has 0 radical (unpaired) electrons. The van der Waals surface area contributed by atoms with E-state index >= 15 is 0 Å². The Morgan fingerprint density at radius 2 is 1.78 bits per heavy atom. The smallest absolute Gasteiger partial charge is 0.247 e. The van der Waals surface area contributed by atoms with E-state index in [2.05, 4.69) is 5.32 Å². The average Bonchev–Trinajstić information content (AvgIpc) is 2.53. The van der Waals surface area contributed by atoms with Crippen molar-refractivity contribution in [2.75, 3.05) is 16.5 Å². The second-order valence-electron chi connectivity index (χ2n) is 6.33. The molecule has 27 heavy (non-hydrogen) atoms. The Balaban J connectivity index is 1.99. The van der Waals surface area contributed by atoms with Crippen LogP contribution in [0.2, 0.25) is 0 Å². The average molecular weight is 394 g/mol. The summed E-state index contributed by atoms with van der Waals surface area (Å²) in [5.74, 6) is -2.65. The second kappa shape index (κ2) is 6.73. The van der Waals surface area contributed by atoms with Gasteiger partial charge >= 0.3 is 0 Å². The summed E-state index contributed by atoms with van der Waals surface area (Å²) in [7, 11) is -3.50. The van der Waals surface area contributed by atoms with Crippen LogP contribution in [-0.4, -0.2) is 32.5 Å². The summed E-state index contributed by atoms with van der Waals surface area (Å²) in [6, 6.07) is 5.95. The summed E-state index contributed by atoms with van der Waals surface area (Å²) >= 11 is 0. The van der Waals surface area contributed by atoms with E-state index < -0.39 is 39.3 Å². The fourth-order valence-electron chi connectivity index (χ4n) is 2.94. The Morgan fingerprint density at radius 1 is 1.15 bits per heavy atom. The number of sulfone groups is 1. The topological polar surface area (TPSA) is 83.6 Å².